The van der Waals surface area contributed by atoms with Gasteiger partial charge in [-0.2, -0.15) is 0 Å². The number of cyclic esters (lactones) is 1. The lowest BCUT2D eigenvalue weighted by Crippen LogP contribution is -2.47. The number of likely N-dealkylation sites (tertiary alicyclic amines) is 1. The van der Waals surface area contributed by atoms with E-state index in [0.29, 0.717) is 25.3 Å². The highest BCUT2D eigenvalue weighted by Crippen LogP contribution is 2.24. The fourth-order valence-electron chi connectivity index (χ4n) is 2.85. The van der Waals surface area contributed by atoms with Crippen molar-refractivity contribution < 1.29 is 14.3 Å². The summed E-state index contributed by atoms with van der Waals surface area (Å²) in [5, 5.41) is 5.48. The van der Waals surface area contributed by atoms with Gasteiger partial charge in [0.1, 0.15) is 6.10 Å². The molecular weight excluding hydrogens is 292 g/mol. The van der Waals surface area contributed by atoms with Crippen molar-refractivity contribution in [2.75, 3.05) is 19.6 Å². The average molecular weight is 310 g/mol. The molecule has 0 spiro atoms. The fraction of sp³-hybridized carbons (Fsp3) is 0.692. The van der Waals surface area contributed by atoms with Crippen molar-refractivity contribution in [3.8, 4) is 0 Å². The van der Waals surface area contributed by atoms with E-state index < -0.39 is 0 Å². The van der Waals surface area contributed by atoms with Gasteiger partial charge in [0.2, 0.25) is 0 Å². The van der Waals surface area contributed by atoms with Crippen LogP contribution in [0, 0.1) is 0 Å². The molecule has 0 N–H and O–H groups in total. The second-order valence-electron chi connectivity index (χ2n) is 5.38. The number of nitrogens with zero attached hydrogens (tertiary/aromatic N) is 4. The maximum atomic E-state index is 12.2. The highest BCUT2D eigenvalue weighted by atomic mass is 32.1. The van der Waals surface area contributed by atoms with E-state index in [0.717, 1.165) is 19.3 Å². The van der Waals surface area contributed by atoms with Crippen molar-refractivity contribution in [1.29, 1.82) is 0 Å². The van der Waals surface area contributed by atoms with E-state index in [1.54, 1.807) is 10.3 Å². The highest BCUT2D eigenvalue weighted by Gasteiger charge is 2.37. The third kappa shape index (κ3) is 2.85. The Labute approximate surface area is 127 Å². The van der Waals surface area contributed by atoms with Gasteiger partial charge in [-0.25, -0.2) is 4.79 Å². The number of aromatic nitrogens is 2. The summed E-state index contributed by atoms with van der Waals surface area (Å²) < 4.78 is 9.02. The average Bonchev–Trinajstić information content (AvgIpc) is 3.16. The van der Waals surface area contributed by atoms with Gasteiger partial charge in [-0.05, 0) is 30.8 Å². The minimum absolute atomic E-state index is 0.0123. The topological polar surface area (TPSA) is 75.6 Å². The van der Waals surface area contributed by atoms with Crippen LogP contribution in [-0.4, -0.2) is 63.2 Å². The molecule has 2 aliphatic rings. The van der Waals surface area contributed by atoms with E-state index >= 15 is 0 Å². The summed E-state index contributed by atoms with van der Waals surface area (Å²) >= 11 is 1.18. The quantitative estimate of drug-likeness (QED) is 0.843. The normalized spacial score (nSPS) is 23.5. The number of hydrogen-bond acceptors (Lipinski definition) is 6. The van der Waals surface area contributed by atoms with Gasteiger partial charge < -0.3 is 14.5 Å². The zero-order valence-electron chi connectivity index (χ0n) is 11.9. The number of carbonyl (C=O) groups is 2. The van der Waals surface area contributed by atoms with E-state index in [2.05, 4.69) is 9.59 Å². The third-order valence-corrected chi connectivity index (χ3v) is 4.63. The Bertz CT molecular complexity index is 513. The molecule has 114 valence electrons. The first kappa shape index (κ1) is 14.2. The zero-order chi connectivity index (χ0) is 14.8. The first-order valence-corrected chi connectivity index (χ1v) is 8.06. The Morgan fingerprint density at radius 1 is 1.48 bits per heavy atom. The van der Waals surface area contributed by atoms with Gasteiger partial charge in [0.05, 0.1) is 6.54 Å². The fourth-order valence-corrected chi connectivity index (χ4v) is 3.28. The lowest BCUT2D eigenvalue weighted by atomic mass is 10.0. The summed E-state index contributed by atoms with van der Waals surface area (Å²) in [5.74, 6) is -0.0716. The van der Waals surface area contributed by atoms with E-state index in [1.807, 2.05) is 11.8 Å². The van der Waals surface area contributed by atoms with Crippen LogP contribution in [0.5, 0.6) is 0 Å². The second kappa shape index (κ2) is 5.97. The molecule has 2 saturated heterocycles. The summed E-state index contributed by atoms with van der Waals surface area (Å²) in [6.45, 7) is 3.97. The molecule has 2 amide bonds. The van der Waals surface area contributed by atoms with Gasteiger partial charge in [-0.1, -0.05) is 11.4 Å². The van der Waals surface area contributed by atoms with Crippen LogP contribution >= 0.6 is 11.5 Å². The smallest absolute Gasteiger partial charge is 0.410 e. The summed E-state index contributed by atoms with van der Waals surface area (Å²) in [7, 11) is 0. The van der Waals surface area contributed by atoms with Crippen molar-refractivity contribution in [3.63, 3.8) is 0 Å². The number of rotatable bonds is 3. The monoisotopic (exact) mass is 310 g/mol. The Morgan fingerprint density at radius 3 is 2.81 bits per heavy atom. The van der Waals surface area contributed by atoms with Crippen molar-refractivity contribution in [1.82, 2.24) is 19.4 Å². The van der Waals surface area contributed by atoms with Crippen LogP contribution in [0.25, 0.3) is 0 Å². The van der Waals surface area contributed by atoms with Crippen LogP contribution in [0.4, 0.5) is 4.79 Å². The van der Waals surface area contributed by atoms with Gasteiger partial charge >= 0.3 is 6.09 Å². The number of hydrogen-bond donors (Lipinski definition) is 0. The van der Waals surface area contributed by atoms with Crippen molar-refractivity contribution >= 4 is 23.5 Å². The standard InChI is InChI=1S/C13H18N4O3S/c1-2-10-7-17(13(19)20-10)9-3-5-16(6-4-9)12(18)11-8-21-15-14-11/h8-10H,2-7H2,1H3. The maximum Gasteiger partial charge on any atom is 0.410 e. The van der Waals surface area contributed by atoms with Crippen LogP contribution in [0.15, 0.2) is 5.38 Å². The number of piperidine rings is 1. The molecule has 1 aromatic rings. The van der Waals surface area contributed by atoms with Gasteiger partial charge in [-0.3, -0.25) is 4.79 Å². The van der Waals surface area contributed by atoms with E-state index in [4.69, 9.17) is 4.74 Å². The molecule has 2 fully saturated rings. The molecule has 8 heteroatoms. The Balaban J connectivity index is 1.56. The Hall–Kier alpha value is -1.70. The van der Waals surface area contributed by atoms with E-state index in [9.17, 15) is 9.59 Å². The summed E-state index contributed by atoms with van der Waals surface area (Å²) in [4.78, 5) is 27.6. The number of carbonyl (C=O) groups excluding carboxylic acids is 2. The molecule has 0 saturated carbocycles. The molecule has 0 bridgehead atoms. The minimum Gasteiger partial charge on any atom is -0.444 e. The number of ether oxygens (including phenoxy) is 1. The SMILES string of the molecule is CCC1CN(C2CCN(C(=O)c3csnn3)CC2)C(=O)O1. The molecule has 0 aromatic carbocycles. The molecule has 1 atom stereocenters. The van der Waals surface area contributed by atoms with Gasteiger partial charge in [0, 0.05) is 24.5 Å². The van der Waals surface area contributed by atoms with Crippen LogP contribution in [-0.2, 0) is 4.74 Å². The first-order chi connectivity index (χ1) is 10.2. The highest BCUT2D eigenvalue weighted by molar-refractivity contribution is 7.03. The molecule has 1 aromatic heterocycles. The summed E-state index contributed by atoms with van der Waals surface area (Å²) in [6, 6.07) is 0.173. The second-order valence-corrected chi connectivity index (χ2v) is 5.99. The number of amides is 2. The molecule has 3 rings (SSSR count). The largest absolute Gasteiger partial charge is 0.444 e. The van der Waals surface area contributed by atoms with Crippen LogP contribution in [0.3, 0.4) is 0 Å². The maximum absolute atomic E-state index is 12.2. The van der Waals surface area contributed by atoms with E-state index in [-0.39, 0.29) is 24.1 Å². The van der Waals surface area contributed by atoms with Crippen molar-refractivity contribution in [2.24, 2.45) is 0 Å². The first-order valence-electron chi connectivity index (χ1n) is 7.22. The van der Waals surface area contributed by atoms with Crippen LogP contribution in [0.1, 0.15) is 36.7 Å². The molecule has 2 aliphatic heterocycles. The predicted octanol–water partition coefficient (Wildman–Crippen LogP) is 1.37. The molecule has 1 unspecified atom stereocenters. The Kier molecular flexibility index (Phi) is 4.05. The third-order valence-electron chi connectivity index (χ3n) is 4.13. The molecule has 21 heavy (non-hydrogen) atoms. The van der Waals surface area contributed by atoms with Gasteiger partial charge in [0.15, 0.2) is 5.69 Å². The van der Waals surface area contributed by atoms with Crippen molar-refractivity contribution in [2.45, 2.75) is 38.3 Å². The minimum atomic E-state index is -0.213. The van der Waals surface area contributed by atoms with Crippen LogP contribution < -0.4 is 0 Å². The van der Waals surface area contributed by atoms with Crippen LogP contribution in [0.2, 0.25) is 0 Å². The summed E-state index contributed by atoms with van der Waals surface area (Å²) in [6.07, 6.45) is 2.22. The molecular formula is C13H18N4O3S. The lowest BCUT2D eigenvalue weighted by Gasteiger charge is -2.35. The van der Waals surface area contributed by atoms with Gasteiger partial charge in [-0.15, -0.1) is 5.10 Å². The molecule has 7 nitrogen and oxygen atoms in total. The van der Waals surface area contributed by atoms with E-state index in [1.165, 1.54) is 11.5 Å². The molecule has 3 heterocycles. The molecule has 0 radical (unpaired) electrons. The van der Waals surface area contributed by atoms with Gasteiger partial charge in [0.25, 0.3) is 5.91 Å². The Morgan fingerprint density at radius 2 is 2.24 bits per heavy atom. The zero-order valence-corrected chi connectivity index (χ0v) is 12.7. The summed E-state index contributed by atoms with van der Waals surface area (Å²) in [5.41, 5.74) is 0.407. The predicted molar refractivity (Wildman–Crippen MR) is 76.1 cm³/mol. The lowest BCUT2D eigenvalue weighted by molar-refractivity contribution is 0.0653. The molecule has 0 aliphatic carbocycles. The van der Waals surface area contributed by atoms with Crippen molar-refractivity contribution in [3.05, 3.63) is 11.1 Å².